The Morgan fingerprint density at radius 1 is 1.26 bits per heavy atom. The van der Waals surface area contributed by atoms with Crippen LogP contribution in [0.1, 0.15) is 5.56 Å². The Bertz CT molecular complexity index is 824. The van der Waals surface area contributed by atoms with Crippen LogP contribution in [0.15, 0.2) is 24.9 Å². The summed E-state index contributed by atoms with van der Waals surface area (Å²) in [4.78, 5) is 11.0. The molecule has 0 radical (unpaired) electrons. The number of hydrogen-bond donors (Lipinski definition) is 0. The van der Waals surface area contributed by atoms with Crippen molar-refractivity contribution >= 4 is 16.9 Å². The van der Waals surface area contributed by atoms with Crippen LogP contribution in [-0.2, 0) is 18.3 Å². The van der Waals surface area contributed by atoms with Gasteiger partial charge in [-0.3, -0.25) is 9.36 Å². The molecule has 3 aromatic rings. The minimum Gasteiger partial charge on any atom is -0.373 e. The molecule has 0 amide bonds. The summed E-state index contributed by atoms with van der Waals surface area (Å²) in [6.07, 6.45) is 7.41. The molecular weight excluding hydrogens is 294 g/mol. The van der Waals surface area contributed by atoms with E-state index in [1.165, 1.54) is 0 Å². The van der Waals surface area contributed by atoms with E-state index in [2.05, 4.69) is 25.1 Å². The molecule has 0 aromatic carbocycles. The van der Waals surface area contributed by atoms with E-state index < -0.39 is 0 Å². The summed E-state index contributed by atoms with van der Waals surface area (Å²) in [5, 5.41) is 9.60. The predicted molar refractivity (Wildman–Crippen MR) is 85.2 cm³/mol. The van der Waals surface area contributed by atoms with E-state index in [1.807, 2.05) is 37.2 Å². The monoisotopic (exact) mass is 313 g/mol. The summed E-state index contributed by atoms with van der Waals surface area (Å²) in [6, 6.07) is 0. The van der Waals surface area contributed by atoms with Gasteiger partial charge in [-0.2, -0.15) is 10.2 Å². The van der Waals surface area contributed by atoms with Gasteiger partial charge in [-0.15, -0.1) is 0 Å². The average Bonchev–Trinajstić information content (AvgIpc) is 3.14. The van der Waals surface area contributed by atoms with E-state index in [0.29, 0.717) is 6.61 Å². The van der Waals surface area contributed by atoms with Crippen LogP contribution in [0.4, 0.5) is 5.82 Å². The van der Waals surface area contributed by atoms with Gasteiger partial charge in [-0.25, -0.2) is 9.97 Å². The third-order valence-electron chi connectivity index (χ3n) is 4.10. The average molecular weight is 313 g/mol. The number of hydrogen-bond acceptors (Lipinski definition) is 6. The van der Waals surface area contributed by atoms with Gasteiger partial charge in [0.2, 0.25) is 0 Å². The van der Waals surface area contributed by atoms with E-state index >= 15 is 0 Å². The first-order valence-corrected chi connectivity index (χ1v) is 7.69. The van der Waals surface area contributed by atoms with Gasteiger partial charge < -0.3 is 9.64 Å². The second-order valence-electron chi connectivity index (χ2n) is 5.88. The quantitative estimate of drug-likeness (QED) is 0.711. The Balaban J connectivity index is 1.56. The van der Waals surface area contributed by atoms with Crippen molar-refractivity contribution in [2.45, 2.75) is 19.6 Å². The van der Waals surface area contributed by atoms with Gasteiger partial charge in [0, 0.05) is 26.3 Å². The molecule has 4 rings (SSSR count). The molecule has 0 unspecified atom stereocenters. The molecular formula is C15H19N7O. The van der Waals surface area contributed by atoms with Crippen molar-refractivity contribution in [3.05, 3.63) is 30.5 Å². The van der Waals surface area contributed by atoms with Gasteiger partial charge in [0.15, 0.2) is 5.65 Å². The summed E-state index contributed by atoms with van der Waals surface area (Å²) in [5.41, 5.74) is 2.01. The Hall–Kier alpha value is -2.48. The highest BCUT2D eigenvalue weighted by Crippen LogP contribution is 2.24. The molecule has 0 saturated carbocycles. The lowest BCUT2D eigenvalue weighted by molar-refractivity contribution is 0.0272. The summed E-state index contributed by atoms with van der Waals surface area (Å²) < 4.78 is 9.60. The molecule has 3 aromatic heterocycles. The van der Waals surface area contributed by atoms with E-state index in [4.69, 9.17) is 4.74 Å². The van der Waals surface area contributed by atoms with E-state index in [1.54, 1.807) is 11.0 Å². The van der Waals surface area contributed by atoms with Crippen LogP contribution in [0.25, 0.3) is 11.0 Å². The van der Waals surface area contributed by atoms with Crippen molar-refractivity contribution in [1.82, 2.24) is 29.5 Å². The zero-order valence-corrected chi connectivity index (χ0v) is 13.3. The molecule has 0 spiro atoms. The summed E-state index contributed by atoms with van der Waals surface area (Å²) in [6.45, 7) is 5.05. The fraction of sp³-hybridized carbons (Fsp3) is 0.467. The molecule has 1 atom stereocenters. The first kappa shape index (κ1) is 14.1. The number of aromatic nitrogens is 6. The van der Waals surface area contributed by atoms with E-state index in [0.717, 1.165) is 42.0 Å². The second-order valence-corrected chi connectivity index (χ2v) is 5.88. The zero-order valence-electron chi connectivity index (χ0n) is 13.3. The Morgan fingerprint density at radius 2 is 2.17 bits per heavy atom. The third kappa shape index (κ3) is 2.65. The molecule has 4 heterocycles. The topological polar surface area (TPSA) is 73.9 Å². The Kier molecular flexibility index (Phi) is 3.45. The number of fused-ring (bicyclic) bond motifs is 1. The Morgan fingerprint density at radius 3 is 3.00 bits per heavy atom. The molecule has 1 fully saturated rings. The first-order chi connectivity index (χ1) is 11.2. The zero-order chi connectivity index (χ0) is 15.8. The van der Waals surface area contributed by atoms with Crippen molar-refractivity contribution in [3.8, 4) is 0 Å². The van der Waals surface area contributed by atoms with Crippen molar-refractivity contribution < 1.29 is 4.74 Å². The highest BCUT2D eigenvalue weighted by atomic mass is 16.5. The van der Waals surface area contributed by atoms with Gasteiger partial charge in [0.25, 0.3) is 0 Å². The van der Waals surface area contributed by atoms with Crippen LogP contribution < -0.4 is 4.90 Å². The van der Waals surface area contributed by atoms with Crippen LogP contribution in [0.3, 0.4) is 0 Å². The standard InChI is InChI=1S/C15H19N7O/c1-11-5-19-22(7-11)9-12-8-21(3-4-23-12)15-13-6-18-20(2)14(13)16-10-17-15/h5-7,10,12H,3-4,8-9H2,1-2H3/t12-/m0/s1. The Labute approximate surface area is 133 Å². The number of morpholine rings is 1. The highest BCUT2D eigenvalue weighted by Gasteiger charge is 2.24. The highest BCUT2D eigenvalue weighted by molar-refractivity contribution is 5.86. The maximum atomic E-state index is 5.89. The van der Waals surface area contributed by atoms with Gasteiger partial charge >= 0.3 is 0 Å². The number of ether oxygens (including phenoxy) is 1. The molecule has 8 nitrogen and oxygen atoms in total. The van der Waals surface area contributed by atoms with Crippen molar-refractivity contribution in [1.29, 1.82) is 0 Å². The maximum Gasteiger partial charge on any atom is 0.163 e. The largest absolute Gasteiger partial charge is 0.373 e. The van der Waals surface area contributed by atoms with Crippen LogP contribution in [0.5, 0.6) is 0 Å². The maximum absolute atomic E-state index is 5.89. The van der Waals surface area contributed by atoms with Crippen LogP contribution in [-0.4, -0.2) is 55.3 Å². The molecule has 1 aliphatic rings. The van der Waals surface area contributed by atoms with E-state index in [9.17, 15) is 0 Å². The minimum absolute atomic E-state index is 0.0877. The lowest BCUT2D eigenvalue weighted by atomic mass is 10.2. The van der Waals surface area contributed by atoms with E-state index in [-0.39, 0.29) is 6.10 Å². The number of anilines is 1. The van der Waals surface area contributed by atoms with Gasteiger partial charge in [0.05, 0.1) is 37.0 Å². The molecule has 0 N–H and O–H groups in total. The number of nitrogens with zero attached hydrogens (tertiary/aromatic N) is 7. The smallest absolute Gasteiger partial charge is 0.163 e. The van der Waals surface area contributed by atoms with Gasteiger partial charge in [-0.1, -0.05) is 0 Å². The molecule has 23 heavy (non-hydrogen) atoms. The molecule has 8 heteroatoms. The van der Waals surface area contributed by atoms with Crippen molar-refractivity contribution in [2.75, 3.05) is 24.6 Å². The molecule has 0 aliphatic carbocycles. The van der Waals surface area contributed by atoms with Crippen molar-refractivity contribution in [3.63, 3.8) is 0 Å². The second kappa shape index (κ2) is 5.62. The number of aryl methyl sites for hydroxylation is 2. The fourth-order valence-corrected chi connectivity index (χ4v) is 3.00. The predicted octanol–water partition coefficient (Wildman–Crippen LogP) is 0.774. The first-order valence-electron chi connectivity index (χ1n) is 7.69. The van der Waals surface area contributed by atoms with Crippen molar-refractivity contribution in [2.24, 2.45) is 7.05 Å². The lowest BCUT2D eigenvalue weighted by Gasteiger charge is -2.33. The summed E-state index contributed by atoms with van der Waals surface area (Å²) >= 11 is 0. The minimum atomic E-state index is 0.0877. The molecule has 0 bridgehead atoms. The third-order valence-corrected chi connectivity index (χ3v) is 4.10. The van der Waals surface area contributed by atoms with Crippen LogP contribution in [0, 0.1) is 6.92 Å². The molecule has 120 valence electrons. The molecule has 1 saturated heterocycles. The van der Waals surface area contributed by atoms with Gasteiger partial charge in [-0.05, 0) is 12.5 Å². The lowest BCUT2D eigenvalue weighted by Crippen LogP contribution is -2.44. The summed E-state index contributed by atoms with van der Waals surface area (Å²) in [7, 11) is 1.89. The number of rotatable bonds is 3. The fourth-order valence-electron chi connectivity index (χ4n) is 3.00. The summed E-state index contributed by atoms with van der Waals surface area (Å²) in [5.74, 6) is 0.924. The van der Waals surface area contributed by atoms with Crippen LogP contribution >= 0.6 is 0 Å². The normalized spacial score (nSPS) is 18.7. The SMILES string of the molecule is Cc1cnn(C[C@@H]2CN(c3ncnc4c3cnn4C)CCO2)c1. The molecule has 1 aliphatic heterocycles. The van der Waals surface area contributed by atoms with Gasteiger partial charge in [0.1, 0.15) is 12.1 Å². The van der Waals surface area contributed by atoms with Crippen LogP contribution in [0.2, 0.25) is 0 Å².